The van der Waals surface area contributed by atoms with Crippen molar-refractivity contribution in [3.63, 3.8) is 0 Å². The summed E-state index contributed by atoms with van der Waals surface area (Å²) in [5.74, 6) is 0.519. The molecule has 0 aliphatic carbocycles. The Balaban J connectivity index is 2.39. The highest BCUT2D eigenvalue weighted by molar-refractivity contribution is 5.77. The van der Waals surface area contributed by atoms with Crippen LogP contribution in [0, 0.1) is 13.8 Å². The van der Waals surface area contributed by atoms with Gasteiger partial charge in [0.1, 0.15) is 5.75 Å². The zero-order valence-corrected chi connectivity index (χ0v) is 11.9. The van der Waals surface area contributed by atoms with Gasteiger partial charge in [-0.1, -0.05) is 12.1 Å². The Morgan fingerprint density at radius 3 is 2.58 bits per heavy atom. The number of carbonyl (C=O) groups is 1. The third-order valence-corrected chi connectivity index (χ3v) is 2.69. The predicted octanol–water partition coefficient (Wildman–Crippen LogP) is 1.42. The second kappa shape index (κ2) is 7.76. The Bertz CT molecular complexity index is 416. The monoisotopic (exact) mass is 267 g/mol. The number of benzene rings is 1. The number of hydrogen-bond donors (Lipinski definition) is 1. The largest absolute Gasteiger partial charge is 0.483 e. The van der Waals surface area contributed by atoms with Crippen LogP contribution in [0.2, 0.25) is 0 Å². The molecule has 1 amide bonds. The van der Waals surface area contributed by atoms with Crippen molar-refractivity contribution in [2.45, 2.75) is 20.1 Å². The lowest BCUT2D eigenvalue weighted by molar-refractivity contribution is -0.129. The van der Waals surface area contributed by atoms with E-state index in [4.69, 9.17) is 14.2 Å². The van der Waals surface area contributed by atoms with Gasteiger partial charge in [-0.15, -0.1) is 0 Å². The average Bonchev–Trinajstić information content (AvgIpc) is 2.41. The van der Waals surface area contributed by atoms with E-state index in [1.165, 1.54) is 14.2 Å². The van der Waals surface area contributed by atoms with E-state index in [0.29, 0.717) is 6.54 Å². The van der Waals surface area contributed by atoms with Crippen molar-refractivity contribution >= 4 is 5.91 Å². The van der Waals surface area contributed by atoms with Gasteiger partial charge in [-0.3, -0.25) is 4.79 Å². The van der Waals surface area contributed by atoms with E-state index in [2.05, 4.69) is 5.32 Å². The fraction of sp³-hybridized carbons (Fsp3) is 0.500. The summed E-state index contributed by atoms with van der Waals surface area (Å²) in [5.41, 5.74) is 2.10. The number of methoxy groups -OCH3 is 2. The molecule has 0 fully saturated rings. The van der Waals surface area contributed by atoms with Gasteiger partial charge in [0.2, 0.25) is 0 Å². The Morgan fingerprint density at radius 2 is 1.95 bits per heavy atom. The Kier molecular flexibility index (Phi) is 6.32. The van der Waals surface area contributed by atoms with Crippen LogP contribution in [-0.2, 0) is 14.3 Å². The van der Waals surface area contributed by atoms with Gasteiger partial charge in [-0.2, -0.15) is 0 Å². The Labute approximate surface area is 113 Å². The third kappa shape index (κ3) is 5.28. The molecule has 0 bridgehead atoms. The molecule has 5 nitrogen and oxygen atoms in total. The van der Waals surface area contributed by atoms with Crippen molar-refractivity contribution in [2.24, 2.45) is 0 Å². The molecule has 1 rings (SSSR count). The van der Waals surface area contributed by atoms with Gasteiger partial charge in [0.25, 0.3) is 5.91 Å². The fourth-order valence-corrected chi connectivity index (χ4v) is 1.52. The van der Waals surface area contributed by atoms with Crippen LogP contribution in [-0.4, -0.2) is 39.6 Å². The predicted molar refractivity (Wildman–Crippen MR) is 72.2 cm³/mol. The zero-order chi connectivity index (χ0) is 14.3. The highest BCUT2D eigenvalue weighted by Gasteiger charge is 2.09. The van der Waals surface area contributed by atoms with E-state index in [9.17, 15) is 4.79 Å². The minimum Gasteiger partial charge on any atom is -0.483 e. The molecular formula is C14H21NO4. The fourth-order valence-electron chi connectivity index (χ4n) is 1.52. The van der Waals surface area contributed by atoms with Gasteiger partial charge in [-0.25, -0.2) is 0 Å². The Morgan fingerprint density at radius 1 is 1.26 bits per heavy atom. The molecule has 1 N–H and O–H groups in total. The molecule has 0 aromatic heterocycles. The van der Waals surface area contributed by atoms with Crippen LogP contribution in [0.1, 0.15) is 11.1 Å². The summed E-state index contributed by atoms with van der Waals surface area (Å²) in [4.78, 5) is 11.6. The van der Waals surface area contributed by atoms with Crippen LogP contribution >= 0.6 is 0 Å². The molecule has 5 heteroatoms. The molecule has 1 aromatic carbocycles. The maximum Gasteiger partial charge on any atom is 0.258 e. The van der Waals surface area contributed by atoms with Crippen LogP contribution in [0.15, 0.2) is 18.2 Å². The molecule has 0 unspecified atom stereocenters. The lowest BCUT2D eigenvalue weighted by atomic mass is 10.1. The van der Waals surface area contributed by atoms with E-state index in [0.717, 1.165) is 16.9 Å². The lowest BCUT2D eigenvalue weighted by Crippen LogP contribution is -2.36. The van der Waals surface area contributed by atoms with Crippen molar-refractivity contribution in [3.8, 4) is 5.75 Å². The molecule has 19 heavy (non-hydrogen) atoms. The topological polar surface area (TPSA) is 56.8 Å². The van der Waals surface area contributed by atoms with Gasteiger partial charge in [0.15, 0.2) is 12.9 Å². The summed E-state index contributed by atoms with van der Waals surface area (Å²) in [6.07, 6.45) is -0.440. The van der Waals surface area contributed by atoms with E-state index < -0.39 is 6.29 Å². The summed E-state index contributed by atoms with van der Waals surface area (Å²) in [7, 11) is 3.04. The number of rotatable bonds is 7. The summed E-state index contributed by atoms with van der Waals surface area (Å²) in [6, 6.07) is 5.88. The summed E-state index contributed by atoms with van der Waals surface area (Å²) >= 11 is 0. The molecule has 106 valence electrons. The van der Waals surface area contributed by atoms with Gasteiger partial charge < -0.3 is 19.5 Å². The van der Waals surface area contributed by atoms with Gasteiger partial charge in [0, 0.05) is 14.2 Å². The molecule has 0 radical (unpaired) electrons. The van der Waals surface area contributed by atoms with Crippen LogP contribution in [0.25, 0.3) is 0 Å². The van der Waals surface area contributed by atoms with Crippen LogP contribution < -0.4 is 10.1 Å². The van der Waals surface area contributed by atoms with Crippen LogP contribution in [0.3, 0.4) is 0 Å². The molecule has 0 aliphatic heterocycles. The normalized spacial score (nSPS) is 10.6. The standard InChI is InChI=1S/C14H21NO4/c1-10-5-6-11(2)12(7-10)19-9-13(16)15-8-14(17-3)18-4/h5-7,14H,8-9H2,1-4H3,(H,15,16). The molecule has 0 saturated heterocycles. The number of amides is 1. The first-order valence-electron chi connectivity index (χ1n) is 6.09. The highest BCUT2D eigenvalue weighted by Crippen LogP contribution is 2.18. The van der Waals surface area contributed by atoms with Crippen molar-refractivity contribution in [1.29, 1.82) is 0 Å². The van der Waals surface area contributed by atoms with E-state index in [-0.39, 0.29) is 12.5 Å². The molecule has 0 saturated carbocycles. The highest BCUT2D eigenvalue weighted by atomic mass is 16.7. The van der Waals surface area contributed by atoms with Crippen LogP contribution in [0.4, 0.5) is 0 Å². The molecular weight excluding hydrogens is 246 g/mol. The Hall–Kier alpha value is -1.59. The number of ether oxygens (including phenoxy) is 3. The van der Waals surface area contributed by atoms with Crippen molar-refractivity contribution in [2.75, 3.05) is 27.4 Å². The first-order chi connectivity index (χ1) is 9.06. The first-order valence-corrected chi connectivity index (χ1v) is 6.09. The van der Waals surface area contributed by atoms with Gasteiger partial charge in [-0.05, 0) is 31.0 Å². The summed E-state index contributed by atoms with van der Waals surface area (Å²) in [5, 5.41) is 2.67. The minimum absolute atomic E-state index is 0.0234. The smallest absolute Gasteiger partial charge is 0.258 e. The van der Waals surface area contributed by atoms with Crippen molar-refractivity contribution in [1.82, 2.24) is 5.32 Å². The van der Waals surface area contributed by atoms with Crippen LogP contribution in [0.5, 0.6) is 5.75 Å². The molecule has 0 spiro atoms. The first kappa shape index (κ1) is 15.5. The second-order valence-electron chi connectivity index (χ2n) is 4.26. The number of carbonyl (C=O) groups excluding carboxylic acids is 1. The lowest BCUT2D eigenvalue weighted by Gasteiger charge is -2.14. The maximum atomic E-state index is 11.6. The zero-order valence-electron chi connectivity index (χ0n) is 11.9. The van der Waals surface area contributed by atoms with Crippen molar-refractivity contribution in [3.05, 3.63) is 29.3 Å². The van der Waals surface area contributed by atoms with Crippen molar-refractivity contribution < 1.29 is 19.0 Å². The quantitative estimate of drug-likeness (QED) is 0.759. The van der Waals surface area contributed by atoms with E-state index in [1.54, 1.807) is 0 Å². The molecule has 0 aliphatic rings. The molecule has 0 heterocycles. The SMILES string of the molecule is COC(CNC(=O)COc1cc(C)ccc1C)OC. The van der Waals surface area contributed by atoms with E-state index in [1.807, 2.05) is 32.0 Å². The molecule has 1 aromatic rings. The second-order valence-corrected chi connectivity index (χ2v) is 4.26. The molecule has 0 atom stereocenters. The number of aryl methyl sites for hydroxylation is 2. The number of nitrogens with one attached hydrogen (secondary N) is 1. The summed E-state index contributed by atoms with van der Waals surface area (Å²) < 4.78 is 15.4. The van der Waals surface area contributed by atoms with Gasteiger partial charge >= 0.3 is 0 Å². The minimum atomic E-state index is -0.440. The van der Waals surface area contributed by atoms with Gasteiger partial charge in [0.05, 0.1) is 6.54 Å². The van der Waals surface area contributed by atoms with E-state index >= 15 is 0 Å². The average molecular weight is 267 g/mol. The number of hydrogen-bond acceptors (Lipinski definition) is 4. The third-order valence-electron chi connectivity index (χ3n) is 2.69. The summed E-state index contributed by atoms with van der Waals surface area (Å²) in [6.45, 7) is 4.19. The maximum absolute atomic E-state index is 11.6.